The maximum absolute atomic E-state index is 13.0. The van der Waals surface area contributed by atoms with Crippen LogP contribution in [0.5, 0.6) is 17.4 Å². The Morgan fingerprint density at radius 2 is 1.80 bits per heavy atom. The number of aromatic amines is 1. The summed E-state index contributed by atoms with van der Waals surface area (Å²) < 4.78 is 11.0. The number of nitro benzene ring substituents is 1. The van der Waals surface area contributed by atoms with Gasteiger partial charge in [-0.1, -0.05) is 12.1 Å². The smallest absolute Gasteiger partial charge is 0.271 e. The van der Waals surface area contributed by atoms with Crippen molar-refractivity contribution >= 4 is 33.9 Å². The molecule has 1 unspecified atom stereocenters. The number of hydrogen-bond donors (Lipinski definition) is 3. The van der Waals surface area contributed by atoms with Crippen LogP contribution in [0, 0.1) is 10.1 Å². The molecule has 11 nitrogen and oxygen atoms in total. The number of nitrogens with zero attached hydrogens (tertiary/aromatic N) is 3. The molecule has 0 spiro atoms. The number of piperazine rings is 1. The molecule has 0 bridgehead atoms. The minimum Gasteiger partial charge on any atom is -0.494 e. The van der Waals surface area contributed by atoms with Gasteiger partial charge in [-0.05, 0) is 48.9 Å². The number of ether oxygens (including phenoxy) is 2. The fraction of sp³-hybridized carbons (Fsp3) is 0.241. The van der Waals surface area contributed by atoms with Gasteiger partial charge in [0.15, 0.2) is 17.4 Å². The zero-order chi connectivity index (χ0) is 27.8. The van der Waals surface area contributed by atoms with Gasteiger partial charge in [-0.3, -0.25) is 14.9 Å². The molecular formula is C29H27N5O6. The standard InChI is InChI=1S/C29H27N5O6/c1-17(29(36)33-12-10-30-11-13-33)18-2-5-20(6-3-18)31-27(19-4-9-24-25(14-19)40-16-39-24)26-22-8-7-21(34(37)38)15-23(22)32-28(26)35/h2-9,14-15,17,30,32,35H,10-13,16H2,1H3. The van der Waals surface area contributed by atoms with E-state index in [1.165, 1.54) is 12.1 Å². The van der Waals surface area contributed by atoms with E-state index in [1.807, 2.05) is 42.2 Å². The largest absolute Gasteiger partial charge is 0.494 e. The second kappa shape index (κ2) is 10.3. The highest BCUT2D eigenvalue weighted by atomic mass is 16.7. The van der Waals surface area contributed by atoms with Crippen LogP contribution in [0.3, 0.4) is 0 Å². The van der Waals surface area contributed by atoms with Gasteiger partial charge in [-0.2, -0.15) is 0 Å². The summed E-state index contributed by atoms with van der Waals surface area (Å²) in [7, 11) is 0. The number of carbonyl (C=O) groups excluding carboxylic acids is 1. The van der Waals surface area contributed by atoms with Gasteiger partial charge >= 0.3 is 0 Å². The van der Waals surface area contributed by atoms with Crippen molar-refractivity contribution in [1.82, 2.24) is 15.2 Å². The highest BCUT2D eigenvalue weighted by Crippen LogP contribution is 2.37. The number of aromatic hydroxyl groups is 1. The maximum Gasteiger partial charge on any atom is 0.271 e. The van der Waals surface area contributed by atoms with Crippen LogP contribution < -0.4 is 14.8 Å². The molecule has 0 radical (unpaired) electrons. The number of nitro groups is 1. The first-order valence-electron chi connectivity index (χ1n) is 13.0. The molecule has 4 aromatic rings. The van der Waals surface area contributed by atoms with Crippen molar-refractivity contribution in [2.75, 3.05) is 33.0 Å². The number of amides is 1. The number of hydrogen-bond acceptors (Lipinski definition) is 8. The average molecular weight is 542 g/mol. The van der Waals surface area contributed by atoms with E-state index in [0.717, 1.165) is 18.7 Å². The predicted octanol–water partition coefficient (Wildman–Crippen LogP) is 4.21. The van der Waals surface area contributed by atoms with Crippen LogP contribution in [0.1, 0.15) is 29.5 Å². The zero-order valence-corrected chi connectivity index (χ0v) is 21.7. The number of aliphatic imine (C=N–C) groups is 1. The molecule has 1 saturated heterocycles. The molecule has 1 atom stereocenters. The Balaban J connectivity index is 1.40. The lowest BCUT2D eigenvalue weighted by Gasteiger charge is -2.30. The molecule has 1 amide bonds. The summed E-state index contributed by atoms with van der Waals surface area (Å²) in [6, 6.07) is 17.2. The third-order valence-corrected chi connectivity index (χ3v) is 7.29. The van der Waals surface area contributed by atoms with Crippen LogP contribution in [0.15, 0.2) is 65.7 Å². The summed E-state index contributed by atoms with van der Waals surface area (Å²) in [5.74, 6) is 0.790. The third-order valence-electron chi connectivity index (χ3n) is 7.29. The Morgan fingerprint density at radius 3 is 2.55 bits per heavy atom. The SMILES string of the molecule is CC(C(=O)N1CCNCC1)c1ccc(N=C(c2ccc3c(c2)OCO3)c2c(O)[nH]c3cc([N+](=O)[O-])ccc23)cc1. The zero-order valence-electron chi connectivity index (χ0n) is 21.7. The fourth-order valence-corrected chi connectivity index (χ4v) is 5.10. The Kier molecular flexibility index (Phi) is 6.56. The number of non-ortho nitro benzene ring substituents is 1. The number of aromatic nitrogens is 1. The van der Waals surface area contributed by atoms with E-state index in [0.29, 0.717) is 58.0 Å². The average Bonchev–Trinajstić information content (AvgIpc) is 3.58. The van der Waals surface area contributed by atoms with Crippen molar-refractivity contribution in [2.45, 2.75) is 12.8 Å². The lowest BCUT2D eigenvalue weighted by molar-refractivity contribution is -0.384. The van der Waals surface area contributed by atoms with Gasteiger partial charge in [0, 0.05) is 49.3 Å². The maximum atomic E-state index is 13.0. The molecule has 0 aliphatic carbocycles. The van der Waals surface area contributed by atoms with E-state index in [4.69, 9.17) is 14.5 Å². The topological polar surface area (TPSA) is 142 Å². The summed E-state index contributed by atoms with van der Waals surface area (Å²) in [6.45, 7) is 5.00. The lowest BCUT2D eigenvalue weighted by Crippen LogP contribution is -2.47. The van der Waals surface area contributed by atoms with E-state index in [1.54, 1.807) is 18.2 Å². The Hall–Kier alpha value is -4.90. The van der Waals surface area contributed by atoms with Crippen LogP contribution in [0.2, 0.25) is 0 Å². The van der Waals surface area contributed by atoms with Crippen LogP contribution in [0.25, 0.3) is 10.9 Å². The fourth-order valence-electron chi connectivity index (χ4n) is 5.10. The first-order valence-corrected chi connectivity index (χ1v) is 13.0. The van der Waals surface area contributed by atoms with Gasteiger partial charge in [-0.15, -0.1) is 0 Å². The first kappa shape index (κ1) is 25.4. The molecule has 6 rings (SSSR count). The number of benzene rings is 3. The summed E-state index contributed by atoms with van der Waals surface area (Å²) in [5, 5.41) is 26.1. The quantitative estimate of drug-likeness (QED) is 0.189. The molecule has 0 saturated carbocycles. The summed E-state index contributed by atoms with van der Waals surface area (Å²) in [6.07, 6.45) is 0. The normalized spacial score (nSPS) is 15.8. The van der Waals surface area contributed by atoms with Gasteiger partial charge < -0.3 is 29.8 Å². The minimum atomic E-state index is -0.487. The third kappa shape index (κ3) is 4.71. The van der Waals surface area contributed by atoms with E-state index >= 15 is 0 Å². The molecule has 1 aromatic heterocycles. The van der Waals surface area contributed by atoms with Gasteiger partial charge in [0.25, 0.3) is 5.69 Å². The molecule has 11 heteroatoms. The van der Waals surface area contributed by atoms with Crippen LogP contribution >= 0.6 is 0 Å². The molecule has 3 N–H and O–H groups in total. The molecule has 3 heterocycles. The van der Waals surface area contributed by atoms with Crippen molar-refractivity contribution < 1.29 is 24.3 Å². The second-order valence-electron chi connectivity index (χ2n) is 9.75. The first-order chi connectivity index (χ1) is 19.4. The number of carbonyl (C=O) groups is 1. The van der Waals surface area contributed by atoms with Crippen molar-refractivity contribution in [3.05, 3.63) is 87.5 Å². The summed E-state index contributed by atoms with van der Waals surface area (Å²) in [5.41, 5.74) is 3.30. The van der Waals surface area contributed by atoms with E-state index in [-0.39, 0.29) is 30.2 Å². The number of H-pyrrole nitrogens is 1. The molecule has 2 aliphatic rings. The highest BCUT2D eigenvalue weighted by molar-refractivity contribution is 6.22. The van der Waals surface area contributed by atoms with Crippen molar-refractivity contribution in [1.29, 1.82) is 0 Å². The number of nitrogens with one attached hydrogen (secondary N) is 2. The lowest BCUT2D eigenvalue weighted by atomic mass is 9.98. The molecule has 3 aromatic carbocycles. The van der Waals surface area contributed by atoms with Gasteiger partial charge in [-0.25, -0.2) is 4.99 Å². The van der Waals surface area contributed by atoms with Crippen molar-refractivity contribution in [3.8, 4) is 17.4 Å². The monoisotopic (exact) mass is 541 g/mol. The van der Waals surface area contributed by atoms with Crippen LogP contribution in [-0.4, -0.2) is 64.5 Å². The van der Waals surface area contributed by atoms with Crippen LogP contribution in [-0.2, 0) is 4.79 Å². The van der Waals surface area contributed by atoms with Crippen LogP contribution in [0.4, 0.5) is 11.4 Å². The van der Waals surface area contributed by atoms with Gasteiger partial charge in [0.05, 0.1) is 33.3 Å². The molecular weight excluding hydrogens is 514 g/mol. The van der Waals surface area contributed by atoms with Gasteiger partial charge in [0.1, 0.15) is 0 Å². The second-order valence-corrected chi connectivity index (χ2v) is 9.75. The Labute approximate surface area is 229 Å². The van der Waals surface area contributed by atoms with E-state index in [9.17, 15) is 20.0 Å². The molecule has 40 heavy (non-hydrogen) atoms. The summed E-state index contributed by atoms with van der Waals surface area (Å²) >= 11 is 0. The molecule has 2 aliphatic heterocycles. The van der Waals surface area contributed by atoms with Crippen molar-refractivity contribution in [3.63, 3.8) is 0 Å². The number of fused-ring (bicyclic) bond motifs is 2. The highest BCUT2D eigenvalue weighted by Gasteiger charge is 2.25. The summed E-state index contributed by atoms with van der Waals surface area (Å²) in [4.78, 5) is 33.4. The molecule has 1 fully saturated rings. The van der Waals surface area contributed by atoms with E-state index in [2.05, 4.69) is 10.3 Å². The van der Waals surface area contributed by atoms with Crippen molar-refractivity contribution in [2.24, 2.45) is 4.99 Å². The number of rotatable bonds is 6. The van der Waals surface area contributed by atoms with Gasteiger partial charge in [0.2, 0.25) is 12.7 Å². The predicted molar refractivity (Wildman–Crippen MR) is 149 cm³/mol. The Bertz CT molecular complexity index is 1640. The molecule has 204 valence electrons. The van der Waals surface area contributed by atoms with E-state index < -0.39 is 4.92 Å². The minimum absolute atomic E-state index is 0.0941. The Morgan fingerprint density at radius 1 is 1.05 bits per heavy atom.